The highest BCUT2D eigenvalue weighted by Crippen LogP contribution is 2.32. The fraction of sp³-hybridized carbons (Fsp3) is 0.211. The highest BCUT2D eigenvalue weighted by Gasteiger charge is 2.18. The molecule has 0 spiro atoms. The number of halogens is 1. The number of rotatable bonds is 5. The summed E-state index contributed by atoms with van der Waals surface area (Å²) in [6, 6.07) is 8.21. The van der Waals surface area contributed by atoms with Crippen molar-refractivity contribution in [3.8, 4) is 0 Å². The van der Waals surface area contributed by atoms with Crippen molar-refractivity contribution in [3.63, 3.8) is 0 Å². The van der Waals surface area contributed by atoms with Crippen LogP contribution in [-0.2, 0) is 24.3 Å². The van der Waals surface area contributed by atoms with Gasteiger partial charge in [0.1, 0.15) is 28.6 Å². The van der Waals surface area contributed by atoms with Crippen molar-refractivity contribution < 1.29 is 13.6 Å². The number of hydrogen-bond acceptors (Lipinski definition) is 5. The van der Waals surface area contributed by atoms with E-state index in [4.69, 9.17) is 4.42 Å². The van der Waals surface area contributed by atoms with Crippen LogP contribution in [0.25, 0.3) is 20.3 Å². The summed E-state index contributed by atoms with van der Waals surface area (Å²) in [7, 11) is 0. The van der Waals surface area contributed by atoms with Crippen LogP contribution in [0.3, 0.4) is 0 Å². The second kappa shape index (κ2) is 6.96. The van der Waals surface area contributed by atoms with E-state index in [2.05, 4.69) is 10.3 Å². The average molecular weight is 385 g/mol. The molecule has 138 valence electrons. The van der Waals surface area contributed by atoms with E-state index in [1.165, 1.54) is 28.2 Å². The SMILES string of the molecule is CCc1nc2c(sc3cccc(F)c32)c(=O)n1CC(=O)NCc1ccco1. The van der Waals surface area contributed by atoms with Gasteiger partial charge in [0.15, 0.2) is 0 Å². The van der Waals surface area contributed by atoms with Crippen LogP contribution in [0.2, 0.25) is 0 Å². The molecule has 8 heteroatoms. The van der Waals surface area contributed by atoms with Crippen LogP contribution in [0.1, 0.15) is 18.5 Å². The van der Waals surface area contributed by atoms with Crippen LogP contribution in [0.15, 0.2) is 45.8 Å². The van der Waals surface area contributed by atoms with E-state index in [1.807, 2.05) is 6.92 Å². The molecular weight excluding hydrogens is 369 g/mol. The van der Waals surface area contributed by atoms with Crippen LogP contribution in [0.5, 0.6) is 0 Å². The first-order valence-corrected chi connectivity index (χ1v) is 9.29. The van der Waals surface area contributed by atoms with E-state index in [-0.39, 0.29) is 24.6 Å². The van der Waals surface area contributed by atoms with Gasteiger partial charge in [0, 0.05) is 11.1 Å². The Morgan fingerprint density at radius 1 is 1.33 bits per heavy atom. The normalized spacial score (nSPS) is 11.3. The molecule has 3 aromatic heterocycles. The number of hydrogen-bond donors (Lipinski definition) is 1. The Hall–Kier alpha value is -3.00. The largest absolute Gasteiger partial charge is 0.467 e. The lowest BCUT2D eigenvalue weighted by atomic mass is 10.2. The van der Waals surface area contributed by atoms with Gasteiger partial charge in [-0.1, -0.05) is 13.0 Å². The zero-order valence-corrected chi connectivity index (χ0v) is 15.3. The Labute approximate surface area is 157 Å². The van der Waals surface area contributed by atoms with Gasteiger partial charge in [0.25, 0.3) is 5.56 Å². The molecule has 27 heavy (non-hydrogen) atoms. The third-order valence-electron chi connectivity index (χ3n) is 4.29. The molecule has 0 unspecified atom stereocenters. The van der Waals surface area contributed by atoms with Crippen molar-refractivity contribution in [1.82, 2.24) is 14.9 Å². The summed E-state index contributed by atoms with van der Waals surface area (Å²) in [6.45, 7) is 1.93. The number of furan rings is 1. The summed E-state index contributed by atoms with van der Waals surface area (Å²) in [5, 5.41) is 3.08. The number of amides is 1. The molecule has 0 saturated heterocycles. The number of nitrogens with one attached hydrogen (secondary N) is 1. The standard InChI is InChI=1S/C19H16FN3O3S/c1-2-14-22-17-16-12(20)6-3-7-13(16)27-18(17)19(25)23(14)10-15(24)21-9-11-5-4-8-26-11/h3-8H,2,9-10H2,1H3,(H,21,24). The second-order valence-corrected chi connectivity index (χ2v) is 7.07. The highest BCUT2D eigenvalue weighted by atomic mass is 32.1. The molecule has 0 bridgehead atoms. The number of nitrogens with zero attached hydrogens (tertiary/aromatic N) is 2. The summed E-state index contributed by atoms with van der Waals surface area (Å²) in [6.07, 6.45) is 1.97. The van der Waals surface area contributed by atoms with Crippen molar-refractivity contribution >= 4 is 37.5 Å². The van der Waals surface area contributed by atoms with Gasteiger partial charge in [-0.2, -0.15) is 0 Å². The molecule has 0 aliphatic rings. The van der Waals surface area contributed by atoms with Gasteiger partial charge in [-0.25, -0.2) is 9.37 Å². The monoisotopic (exact) mass is 385 g/mol. The Kier molecular flexibility index (Phi) is 4.49. The molecule has 1 N–H and O–H groups in total. The minimum absolute atomic E-state index is 0.150. The quantitative estimate of drug-likeness (QED) is 0.572. The van der Waals surface area contributed by atoms with Crippen LogP contribution in [-0.4, -0.2) is 15.5 Å². The number of carbonyl (C=O) groups excluding carboxylic acids is 1. The molecule has 0 aliphatic carbocycles. The molecule has 1 amide bonds. The molecule has 3 heterocycles. The van der Waals surface area contributed by atoms with E-state index in [0.717, 1.165) is 0 Å². The third kappa shape index (κ3) is 3.12. The van der Waals surface area contributed by atoms with E-state index in [9.17, 15) is 14.0 Å². The summed E-state index contributed by atoms with van der Waals surface area (Å²) < 4.78 is 21.8. The van der Waals surface area contributed by atoms with Gasteiger partial charge in [-0.3, -0.25) is 14.2 Å². The zero-order valence-electron chi connectivity index (χ0n) is 14.5. The summed E-state index contributed by atoms with van der Waals surface area (Å²) >= 11 is 1.19. The Bertz CT molecular complexity index is 1190. The van der Waals surface area contributed by atoms with E-state index in [1.54, 1.807) is 24.3 Å². The number of thiophene rings is 1. The fourth-order valence-electron chi connectivity index (χ4n) is 3.00. The molecule has 0 saturated carbocycles. The molecule has 4 aromatic rings. The van der Waals surface area contributed by atoms with Gasteiger partial charge in [-0.05, 0) is 24.3 Å². The van der Waals surface area contributed by atoms with E-state index in [0.29, 0.717) is 38.3 Å². The van der Waals surface area contributed by atoms with Gasteiger partial charge in [-0.15, -0.1) is 11.3 Å². The first-order valence-electron chi connectivity index (χ1n) is 8.48. The maximum absolute atomic E-state index is 14.2. The molecule has 0 fully saturated rings. The molecule has 0 atom stereocenters. The number of fused-ring (bicyclic) bond motifs is 3. The molecule has 0 radical (unpaired) electrons. The van der Waals surface area contributed by atoms with Crippen molar-refractivity contribution in [1.29, 1.82) is 0 Å². The minimum atomic E-state index is -0.401. The molecule has 1 aromatic carbocycles. The summed E-state index contributed by atoms with van der Waals surface area (Å²) in [5.41, 5.74) is 0.0350. The Morgan fingerprint density at radius 3 is 2.93 bits per heavy atom. The lowest BCUT2D eigenvalue weighted by Gasteiger charge is -2.11. The number of aryl methyl sites for hydroxylation is 1. The predicted octanol–water partition coefficient (Wildman–Crippen LogP) is 3.22. The van der Waals surface area contributed by atoms with Crippen molar-refractivity contribution in [3.05, 3.63) is 64.4 Å². The van der Waals surface area contributed by atoms with Gasteiger partial charge >= 0.3 is 0 Å². The van der Waals surface area contributed by atoms with E-state index >= 15 is 0 Å². The molecule has 6 nitrogen and oxygen atoms in total. The topological polar surface area (TPSA) is 77.1 Å². The maximum atomic E-state index is 14.2. The van der Waals surface area contributed by atoms with E-state index < -0.39 is 5.82 Å². The lowest BCUT2D eigenvalue weighted by molar-refractivity contribution is -0.122. The Morgan fingerprint density at radius 2 is 2.19 bits per heavy atom. The predicted molar refractivity (Wildman–Crippen MR) is 101 cm³/mol. The smallest absolute Gasteiger partial charge is 0.272 e. The van der Waals surface area contributed by atoms with Crippen molar-refractivity contribution in [2.45, 2.75) is 26.4 Å². The van der Waals surface area contributed by atoms with Crippen molar-refractivity contribution in [2.75, 3.05) is 0 Å². The maximum Gasteiger partial charge on any atom is 0.272 e. The first kappa shape index (κ1) is 17.4. The fourth-order valence-corrected chi connectivity index (χ4v) is 4.11. The Balaban J connectivity index is 1.73. The summed E-state index contributed by atoms with van der Waals surface area (Å²) in [5.74, 6) is 0.349. The van der Waals surface area contributed by atoms with Crippen LogP contribution < -0.4 is 10.9 Å². The zero-order chi connectivity index (χ0) is 19.0. The van der Waals surface area contributed by atoms with Crippen LogP contribution in [0, 0.1) is 5.82 Å². The van der Waals surface area contributed by atoms with Gasteiger partial charge in [0.2, 0.25) is 5.91 Å². The van der Waals surface area contributed by atoms with Gasteiger partial charge in [0.05, 0.1) is 23.7 Å². The highest BCUT2D eigenvalue weighted by molar-refractivity contribution is 7.25. The van der Waals surface area contributed by atoms with Crippen LogP contribution in [0.4, 0.5) is 4.39 Å². The average Bonchev–Trinajstić information content (AvgIpc) is 3.30. The molecular formula is C19H16FN3O3S. The third-order valence-corrected chi connectivity index (χ3v) is 5.42. The number of aromatic nitrogens is 2. The van der Waals surface area contributed by atoms with Crippen LogP contribution >= 0.6 is 11.3 Å². The van der Waals surface area contributed by atoms with Gasteiger partial charge < -0.3 is 9.73 Å². The number of carbonyl (C=O) groups is 1. The summed E-state index contributed by atoms with van der Waals surface area (Å²) in [4.78, 5) is 29.8. The minimum Gasteiger partial charge on any atom is -0.467 e. The lowest BCUT2D eigenvalue weighted by Crippen LogP contribution is -2.34. The molecule has 0 aliphatic heterocycles. The second-order valence-electron chi connectivity index (χ2n) is 6.02. The van der Waals surface area contributed by atoms with Crippen molar-refractivity contribution in [2.24, 2.45) is 0 Å². The first-order chi connectivity index (χ1) is 13.1. The number of benzene rings is 1. The molecule has 4 rings (SSSR count).